The average Bonchev–Trinajstić information content (AvgIpc) is 3.46. The fourth-order valence-electron chi connectivity index (χ4n) is 5.05. The molecule has 0 bridgehead atoms. The molecule has 0 spiro atoms. The molecule has 11 heteroatoms. The fourth-order valence-corrected chi connectivity index (χ4v) is 5.05. The maximum absolute atomic E-state index is 13.2. The van der Waals surface area contributed by atoms with Gasteiger partial charge in [-0.25, -0.2) is 19.7 Å². The van der Waals surface area contributed by atoms with Crippen molar-refractivity contribution < 1.29 is 13.2 Å². The van der Waals surface area contributed by atoms with E-state index in [1.165, 1.54) is 11.6 Å². The summed E-state index contributed by atoms with van der Waals surface area (Å²) in [4.78, 5) is 33.6. The summed E-state index contributed by atoms with van der Waals surface area (Å²) in [5, 5.41) is 0. The number of benzene rings is 1. The van der Waals surface area contributed by atoms with Crippen LogP contribution in [-0.2, 0) is 18.8 Å². The molecular weight excluding hydrogens is 495 g/mol. The number of pyridine rings is 1. The van der Waals surface area contributed by atoms with Crippen molar-refractivity contribution in [3.63, 3.8) is 0 Å². The Morgan fingerprint density at radius 3 is 2.42 bits per heavy atom. The lowest BCUT2D eigenvalue weighted by molar-refractivity contribution is -0.140. The van der Waals surface area contributed by atoms with Gasteiger partial charge in [0.2, 0.25) is 0 Å². The number of nitrogens with zero attached hydrogens (tertiary/aromatic N) is 6. The van der Waals surface area contributed by atoms with Gasteiger partial charge < -0.3 is 9.55 Å². The van der Waals surface area contributed by atoms with Gasteiger partial charge in [-0.2, -0.15) is 13.2 Å². The topological polar surface area (TPSA) is 94.3 Å². The molecule has 0 aliphatic heterocycles. The molecule has 0 atom stereocenters. The minimum Gasteiger partial charge on any atom is -0.333 e. The number of aromatic nitrogens is 7. The van der Waals surface area contributed by atoms with Crippen LogP contribution >= 0.6 is 0 Å². The molecule has 1 saturated carbocycles. The van der Waals surface area contributed by atoms with E-state index < -0.39 is 17.4 Å². The predicted molar refractivity (Wildman–Crippen MR) is 135 cm³/mol. The normalized spacial score (nSPS) is 14.9. The van der Waals surface area contributed by atoms with E-state index in [-0.39, 0.29) is 17.4 Å². The molecule has 1 aliphatic carbocycles. The first kappa shape index (κ1) is 24.1. The molecular formula is C27H24F3N7O. The Bertz CT molecular complexity index is 1720. The van der Waals surface area contributed by atoms with E-state index in [1.807, 2.05) is 38.1 Å². The summed E-state index contributed by atoms with van der Waals surface area (Å²) in [7, 11) is 1.53. The Hall–Kier alpha value is -4.28. The molecule has 0 saturated heterocycles. The van der Waals surface area contributed by atoms with Crippen molar-refractivity contribution >= 4 is 11.2 Å². The van der Waals surface area contributed by atoms with Crippen LogP contribution in [-0.4, -0.2) is 34.1 Å². The number of H-pyrrole nitrogens is 1. The van der Waals surface area contributed by atoms with Crippen LogP contribution in [0.4, 0.5) is 13.2 Å². The van der Waals surface area contributed by atoms with Crippen molar-refractivity contribution in [1.29, 1.82) is 0 Å². The highest BCUT2D eigenvalue weighted by Gasteiger charge is 2.48. The van der Waals surface area contributed by atoms with Crippen molar-refractivity contribution in [1.82, 2.24) is 34.1 Å². The smallest absolute Gasteiger partial charge is 0.333 e. The molecule has 5 aromatic rings. The van der Waals surface area contributed by atoms with Gasteiger partial charge in [0.15, 0.2) is 17.2 Å². The third-order valence-electron chi connectivity index (χ3n) is 7.05. The predicted octanol–water partition coefficient (Wildman–Crippen LogP) is 5.26. The average molecular weight is 520 g/mol. The van der Waals surface area contributed by atoms with Gasteiger partial charge >= 0.3 is 11.9 Å². The summed E-state index contributed by atoms with van der Waals surface area (Å²) in [6, 6.07) is 10.9. The van der Waals surface area contributed by atoms with Gasteiger partial charge in [-0.3, -0.25) is 9.55 Å². The number of aromatic amines is 1. The quantitative estimate of drug-likeness (QED) is 0.342. The molecule has 8 nitrogen and oxygen atoms in total. The van der Waals surface area contributed by atoms with Crippen LogP contribution in [0, 0.1) is 0 Å². The molecule has 1 fully saturated rings. The largest absolute Gasteiger partial charge is 0.434 e. The van der Waals surface area contributed by atoms with E-state index in [9.17, 15) is 18.0 Å². The highest BCUT2D eigenvalue weighted by Crippen LogP contribution is 2.50. The van der Waals surface area contributed by atoms with Crippen LogP contribution in [0.3, 0.4) is 0 Å². The highest BCUT2D eigenvalue weighted by molar-refractivity contribution is 5.74. The van der Waals surface area contributed by atoms with Gasteiger partial charge in [0.25, 0.3) is 0 Å². The SMILES string of the molecule is CC(C)c1ncccc1-c1ncc2[nH]c(=O)n(C3(c4ccc(-c5nc(C(F)(F)F)cn5C)cc4)CC3)c2n1. The molecule has 194 valence electrons. The zero-order valence-corrected chi connectivity index (χ0v) is 20.9. The zero-order chi connectivity index (χ0) is 26.8. The standard InChI is InChI=1S/C27H24F3N7O/c1-15(2)21-18(5-4-12-31-21)22-32-13-19-24(35-22)37(25(38)33-19)26(10-11-26)17-8-6-16(7-9-17)23-34-20(14-36(23)3)27(28,29)30/h4-9,12-15H,10-11H2,1-3H3,(H,33,38). The van der Waals surface area contributed by atoms with Gasteiger partial charge in [0, 0.05) is 30.6 Å². The van der Waals surface area contributed by atoms with Crippen molar-refractivity contribution in [3.8, 4) is 22.8 Å². The molecule has 4 heterocycles. The molecule has 1 N–H and O–H groups in total. The first-order valence-corrected chi connectivity index (χ1v) is 12.2. The van der Waals surface area contributed by atoms with Crippen LogP contribution in [0.25, 0.3) is 33.9 Å². The van der Waals surface area contributed by atoms with Gasteiger partial charge in [-0.15, -0.1) is 0 Å². The van der Waals surface area contributed by atoms with Gasteiger partial charge in [-0.05, 0) is 36.5 Å². The summed E-state index contributed by atoms with van der Waals surface area (Å²) in [6.07, 6.45) is 1.26. The molecule has 1 aromatic carbocycles. The number of imidazole rings is 2. The van der Waals surface area contributed by atoms with E-state index in [4.69, 9.17) is 4.98 Å². The molecule has 4 aromatic heterocycles. The third-order valence-corrected chi connectivity index (χ3v) is 7.05. The van der Waals surface area contributed by atoms with Gasteiger partial charge in [0.05, 0.1) is 17.4 Å². The summed E-state index contributed by atoms with van der Waals surface area (Å²) in [5.74, 6) is 0.870. The number of hydrogen-bond donors (Lipinski definition) is 1. The summed E-state index contributed by atoms with van der Waals surface area (Å²) in [6.45, 7) is 4.10. The van der Waals surface area contributed by atoms with Crippen molar-refractivity contribution in [3.05, 3.63) is 82.4 Å². The maximum atomic E-state index is 13.2. The molecule has 1 aliphatic rings. The molecule has 0 radical (unpaired) electrons. The monoisotopic (exact) mass is 519 g/mol. The number of fused-ring (bicyclic) bond motifs is 1. The second kappa shape index (κ2) is 8.37. The summed E-state index contributed by atoms with van der Waals surface area (Å²) < 4.78 is 42.4. The van der Waals surface area contributed by atoms with E-state index in [1.54, 1.807) is 29.1 Å². The van der Waals surface area contributed by atoms with Gasteiger partial charge in [-0.1, -0.05) is 38.1 Å². The molecule has 38 heavy (non-hydrogen) atoms. The minimum absolute atomic E-state index is 0.165. The summed E-state index contributed by atoms with van der Waals surface area (Å²) >= 11 is 0. The van der Waals surface area contributed by atoms with Crippen molar-refractivity contribution in [2.75, 3.05) is 0 Å². The second-order valence-electron chi connectivity index (χ2n) is 9.95. The minimum atomic E-state index is -4.52. The highest BCUT2D eigenvalue weighted by atomic mass is 19.4. The Kier molecular flexibility index (Phi) is 5.30. The number of hydrogen-bond acceptors (Lipinski definition) is 5. The van der Waals surface area contributed by atoms with Crippen LogP contribution in [0.2, 0.25) is 0 Å². The number of nitrogens with one attached hydrogen (secondary N) is 1. The Morgan fingerprint density at radius 1 is 1.05 bits per heavy atom. The lowest BCUT2D eigenvalue weighted by atomic mass is 10.0. The Balaban J connectivity index is 1.41. The Morgan fingerprint density at radius 2 is 1.79 bits per heavy atom. The van der Waals surface area contributed by atoms with E-state index in [0.29, 0.717) is 22.6 Å². The lowest BCUT2D eigenvalue weighted by Gasteiger charge is -2.18. The van der Waals surface area contributed by atoms with E-state index in [2.05, 4.69) is 19.9 Å². The van der Waals surface area contributed by atoms with Crippen LogP contribution < -0.4 is 5.69 Å². The van der Waals surface area contributed by atoms with E-state index in [0.717, 1.165) is 35.9 Å². The number of halogens is 3. The third kappa shape index (κ3) is 3.80. The molecule has 0 unspecified atom stereocenters. The summed E-state index contributed by atoms with van der Waals surface area (Å²) in [5.41, 5.74) is 2.31. The maximum Gasteiger partial charge on any atom is 0.434 e. The van der Waals surface area contributed by atoms with Crippen LogP contribution in [0.1, 0.15) is 49.6 Å². The fraction of sp³-hybridized carbons (Fsp3) is 0.296. The van der Waals surface area contributed by atoms with E-state index >= 15 is 0 Å². The number of aryl methyl sites for hydroxylation is 1. The lowest BCUT2D eigenvalue weighted by Crippen LogP contribution is -2.29. The van der Waals surface area contributed by atoms with Gasteiger partial charge in [0.1, 0.15) is 11.3 Å². The first-order chi connectivity index (χ1) is 18.1. The van der Waals surface area contributed by atoms with Crippen molar-refractivity contribution in [2.45, 2.75) is 44.3 Å². The van der Waals surface area contributed by atoms with Crippen LogP contribution in [0.15, 0.2) is 59.8 Å². The van der Waals surface area contributed by atoms with Crippen molar-refractivity contribution in [2.24, 2.45) is 7.05 Å². The zero-order valence-electron chi connectivity index (χ0n) is 20.9. The van der Waals surface area contributed by atoms with Crippen LogP contribution in [0.5, 0.6) is 0 Å². The molecule has 6 rings (SSSR count). The second-order valence-corrected chi connectivity index (χ2v) is 9.95. The first-order valence-electron chi connectivity index (χ1n) is 12.2. The molecule has 0 amide bonds. The Labute approximate surface area is 215 Å². The number of rotatable bonds is 5. The number of alkyl halides is 3.